The van der Waals surface area contributed by atoms with Gasteiger partial charge in [0.05, 0.1) is 23.9 Å². The number of aliphatic carboxylic acids is 2. The lowest BCUT2D eigenvalue weighted by molar-refractivity contribution is -0.193. The fourth-order valence-electron chi connectivity index (χ4n) is 2.85. The van der Waals surface area contributed by atoms with Crippen molar-refractivity contribution in [3.8, 4) is 0 Å². The first kappa shape index (κ1) is 31.0. The maximum atomic E-state index is 10.6. The summed E-state index contributed by atoms with van der Waals surface area (Å²) in [5.74, 6) is -5.51. The molecule has 200 valence electrons. The fraction of sp³-hybridized carbons (Fsp3) is 0.429. The Balaban J connectivity index is 0.000000383. The maximum Gasteiger partial charge on any atom is 0.490 e. The van der Waals surface area contributed by atoms with Gasteiger partial charge in [0.15, 0.2) is 0 Å². The summed E-state index contributed by atoms with van der Waals surface area (Å²) >= 11 is 1.72. The topological polar surface area (TPSA) is 113 Å². The van der Waals surface area contributed by atoms with Crippen LogP contribution in [0.3, 0.4) is 0 Å². The summed E-state index contributed by atoms with van der Waals surface area (Å²) in [6.45, 7) is 9.85. The van der Waals surface area contributed by atoms with E-state index in [-0.39, 0.29) is 0 Å². The Morgan fingerprint density at radius 1 is 1.17 bits per heavy atom. The number of carboxylic acids is 2. The Kier molecular flexibility index (Phi) is 12.0. The predicted octanol–water partition coefficient (Wildman–Crippen LogP) is 4.37. The van der Waals surface area contributed by atoms with Crippen LogP contribution in [0.2, 0.25) is 0 Å². The van der Waals surface area contributed by atoms with Gasteiger partial charge in [-0.25, -0.2) is 14.6 Å². The lowest BCUT2D eigenvalue weighted by Gasteiger charge is -2.29. The molecule has 1 aliphatic heterocycles. The lowest BCUT2D eigenvalue weighted by Crippen LogP contribution is -2.31. The summed E-state index contributed by atoms with van der Waals surface area (Å²) < 4.78 is 69.1. The van der Waals surface area contributed by atoms with Crippen molar-refractivity contribution in [2.75, 3.05) is 13.2 Å². The molecule has 0 fully saturated rings. The van der Waals surface area contributed by atoms with Gasteiger partial charge in [0.25, 0.3) is 0 Å². The van der Waals surface area contributed by atoms with Gasteiger partial charge in [0, 0.05) is 37.4 Å². The molecule has 15 heteroatoms. The van der Waals surface area contributed by atoms with Gasteiger partial charge in [-0.05, 0) is 30.0 Å². The number of carbonyl (C=O) groups is 2. The van der Waals surface area contributed by atoms with Crippen LogP contribution in [0.25, 0.3) is 0 Å². The van der Waals surface area contributed by atoms with Crippen LogP contribution in [-0.4, -0.2) is 62.5 Å². The predicted molar refractivity (Wildman–Crippen MR) is 116 cm³/mol. The molecule has 0 amide bonds. The van der Waals surface area contributed by atoms with Gasteiger partial charge in [-0.15, -0.1) is 17.9 Å². The number of alkyl halides is 6. The van der Waals surface area contributed by atoms with Crippen molar-refractivity contribution in [2.24, 2.45) is 0 Å². The van der Waals surface area contributed by atoms with E-state index in [1.807, 2.05) is 12.4 Å². The molecule has 0 radical (unpaired) electrons. The number of rotatable bonds is 6. The van der Waals surface area contributed by atoms with E-state index in [9.17, 15) is 26.3 Å². The van der Waals surface area contributed by atoms with Crippen LogP contribution in [0.4, 0.5) is 26.3 Å². The number of fused-ring (bicyclic) bond motifs is 1. The van der Waals surface area contributed by atoms with Gasteiger partial charge in [-0.3, -0.25) is 9.88 Å². The number of thiazole rings is 1. The van der Waals surface area contributed by atoms with Crippen LogP contribution in [0.5, 0.6) is 0 Å². The zero-order valence-electron chi connectivity index (χ0n) is 18.9. The second-order valence-electron chi connectivity index (χ2n) is 7.16. The van der Waals surface area contributed by atoms with Crippen molar-refractivity contribution >= 4 is 23.3 Å². The Bertz CT molecular complexity index is 1000. The van der Waals surface area contributed by atoms with Crippen molar-refractivity contribution in [3.63, 3.8) is 0 Å². The number of halogens is 6. The van der Waals surface area contributed by atoms with Gasteiger partial charge in [0.1, 0.15) is 0 Å². The first-order valence-corrected chi connectivity index (χ1v) is 10.9. The fourth-order valence-corrected chi connectivity index (χ4v) is 3.45. The van der Waals surface area contributed by atoms with E-state index < -0.39 is 24.3 Å². The van der Waals surface area contributed by atoms with E-state index >= 15 is 0 Å². The molecule has 0 aliphatic carbocycles. The molecule has 0 saturated carbocycles. The SMILES string of the molecule is C=CCOCc1cncc2c1CCN(Cc1csc(C)n1)C2.O=C(O)C(F)(F)F.O=C(O)C(F)(F)F. The number of ether oxygens (including phenoxy) is 1. The average molecular weight is 543 g/mol. The van der Waals surface area contributed by atoms with Crippen LogP contribution < -0.4 is 0 Å². The molecule has 8 nitrogen and oxygen atoms in total. The normalized spacial score (nSPS) is 13.4. The molecular weight excluding hydrogens is 520 g/mol. The number of pyridine rings is 1. The number of hydrogen-bond donors (Lipinski definition) is 2. The molecular formula is C21H23F6N3O5S. The van der Waals surface area contributed by atoms with Crippen molar-refractivity contribution in [2.45, 2.75) is 45.4 Å². The van der Waals surface area contributed by atoms with Gasteiger partial charge < -0.3 is 14.9 Å². The Morgan fingerprint density at radius 2 is 1.75 bits per heavy atom. The molecule has 3 heterocycles. The van der Waals surface area contributed by atoms with Gasteiger partial charge in [-0.2, -0.15) is 26.3 Å². The van der Waals surface area contributed by atoms with E-state index in [2.05, 4.69) is 33.8 Å². The highest BCUT2D eigenvalue weighted by molar-refractivity contribution is 7.09. The Labute approximate surface area is 205 Å². The Morgan fingerprint density at radius 3 is 2.22 bits per heavy atom. The molecule has 0 aromatic carbocycles. The molecule has 36 heavy (non-hydrogen) atoms. The van der Waals surface area contributed by atoms with Gasteiger partial charge in [-0.1, -0.05) is 6.08 Å². The Hall–Kier alpha value is -3.04. The van der Waals surface area contributed by atoms with Crippen molar-refractivity contribution in [1.82, 2.24) is 14.9 Å². The quantitative estimate of drug-likeness (QED) is 0.314. The first-order valence-electron chi connectivity index (χ1n) is 10.0. The maximum absolute atomic E-state index is 10.6. The third-order valence-corrected chi connectivity index (χ3v) is 5.16. The van der Waals surface area contributed by atoms with Gasteiger partial charge >= 0.3 is 24.3 Å². The summed E-state index contributed by atoms with van der Waals surface area (Å²) in [5.41, 5.74) is 5.11. The van der Waals surface area contributed by atoms with E-state index in [1.54, 1.807) is 17.4 Å². The first-order chi connectivity index (χ1) is 16.6. The van der Waals surface area contributed by atoms with E-state index in [1.165, 1.54) is 22.4 Å². The average Bonchev–Trinajstić information content (AvgIpc) is 3.18. The largest absolute Gasteiger partial charge is 0.490 e. The second-order valence-corrected chi connectivity index (χ2v) is 8.23. The molecule has 3 rings (SSSR count). The molecule has 0 atom stereocenters. The summed E-state index contributed by atoms with van der Waals surface area (Å²) in [5, 5.41) is 17.5. The number of aromatic nitrogens is 2. The second kappa shape index (κ2) is 13.9. The standard InChI is InChI=1S/C17H21N3OS.2C2HF3O2/c1-3-6-21-11-15-8-18-7-14-9-20(5-4-17(14)15)10-16-12-22-13(2)19-16;2*3-2(4,5)1(6)7/h3,7-8,12H,1,4-6,9-11H2,2H3;2*(H,6,7). The molecule has 0 bridgehead atoms. The van der Waals surface area contributed by atoms with E-state index in [0.717, 1.165) is 31.1 Å². The van der Waals surface area contributed by atoms with Crippen LogP contribution in [0, 0.1) is 6.92 Å². The number of carboxylic acid groups (broad SMARTS) is 2. The van der Waals surface area contributed by atoms with Crippen LogP contribution in [0.15, 0.2) is 30.4 Å². The molecule has 2 aromatic rings. The summed E-state index contributed by atoms with van der Waals surface area (Å²) in [6.07, 6.45) is -3.42. The minimum atomic E-state index is -5.08. The monoisotopic (exact) mass is 543 g/mol. The summed E-state index contributed by atoms with van der Waals surface area (Å²) in [6, 6.07) is 0. The molecule has 1 aliphatic rings. The summed E-state index contributed by atoms with van der Waals surface area (Å²) in [4.78, 5) is 29.2. The van der Waals surface area contributed by atoms with Crippen molar-refractivity contribution in [1.29, 1.82) is 0 Å². The zero-order chi connectivity index (χ0) is 27.5. The minimum absolute atomic E-state index is 0.582. The molecule has 0 spiro atoms. The van der Waals surface area contributed by atoms with E-state index in [4.69, 9.17) is 24.5 Å². The number of nitrogens with zero attached hydrogens (tertiary/aromatic N) is 3. The molecule has 2 N–H and O–H groups in total. The van der Waals surface area contributed by atoms with Crippen molar-refractivity contribution in [3.05, 3.63) is 57.8 Å². The van der Waals surface area contributed by atoms with Crippen LogP contribution >= 0.6 is 11.3 Å². The molecule has 2 aromatic heterocycles. The lowest BCUT2D eigenvalue weighted by atomic mass is 9.97. The highest BCUT2D eigenvalue weighted by Crippen LogP contribution is 2.24. The smallest absolute Gasteiger partial charge is 0.475 e. The van der Waals surface area contributed by atoms with Gasteiger partial charge in [0.2, 0.25) is 0 Å². The molecule has 0 saturated heterocycles. The zero-order valence-corrected chi connectivity index (χ0v) is 19.7. The molecule has 0 unspecified atom stereocenters. The third-order valence-electron chi connectivity index (χ3n) is 4.34. The minimum Gasteiger partial charge on any atom is -0.475 e. The van der Waals surface area contributed by atoms with E-state index in [0.29, 0.717) is 13.2 Å². The third kappa shape index (κ3) is 11.1. The summed E-state index contributed by atoms with van der Waals surface area (Å²) in [7, 11) is 0. The van der Waals surface area contributed by atoms with Crippen molar-refractivity contribution < 1.29 is 50.9 Å². The van der Waals surface area contributed by atoms with Crippen LogP contribution in [-0.2, 0) is 40.4 Å². The highest BCUT2D eigenvalue weighted by Gasteiger charge is 2.38. The number of hydrogen-bond acceptors (Lipinski definition) is 7. The highest BCUT2D eigenvalue weighted by atomic mass is 32.1. The van der Waals surface area contributed by atoms with Crippen LogP contribution in [0.1, 0.15) is 27.4 Å². The number of aryl methyl sites for hydroxylation is 1.